The van der Waals surface area contributed by atoms with Crippen LogP contribution in [-0.4, -0.2) is 16.9 Å². The minimum absolute atomic E-state index is 0.0449. The molecule has 27 heavy (non-hydrogen) atoms. The SMILES string of the molecule is CC1CCc2c(sc(NC(=O)C(C)Oc3ccc([N+](=O)[O-])cc3)c2C#N)C1. The van der Waals surface area contributed by atoms with Crippen molar-refractivity contribution in [2.75, 3.05) is 5.32 Å². The molecule has 7 nitrogen and oxygen atoms in total. The summed E-state index contributed by atoms with van der Waals surface area (Å²) in [7, 11) is 0. The first-order chi connectivity index (χ1) is 12.9. The first-order valence-electron chi connectivity index (χ1n) is 8.65. The number of thiophene rings is 1. The van der Waals surface area contributed by atoms with Gasteiger partial charge in [0.1, 0.15) is 16.8 Å². The molecule has 0 radical (unpaired) electrons. The molecule has 1 heterocycles. The van der Waals surface area contributed by atoms with Gasteiger partial charge in [-0.25, -0.2) is 0 Å². The van der Waals surface area contributed by atoms with Crippen LogP contribution in [0.3, 0.4) is 0 Å². The van der Waals surface area contributed by atoms with Gasteiger partial charge in [0.15, 0.2) is 6.10 Å². The highest BCUT2D eigenvalue weighted by Gasteiger charge is 2.26. The monoisotopic (exact) mass is 385 g/mol. The molecule has 2 unspecified atom stereocenters. The highest BCUT2D eigenvalue weighted by molar-refractivity contribution is 7.16. The Morgan fingerprint density at radius 3 is 2.78 bits per heavy atom. The Morgan fingerprint density at radius 2 is 2.15 bits per heavy atom. The summed E-state index contributed by atoms with van der Waals surface area (Å²) in [5, 5.41) is 23.6. The smallest absolute Gasteiger partial charge is 0.269 e. The molecular weight excluding hydrogens is 366 g/mol. The Balaban J connectivity index is 1.70. The Morgan fingerprint density at radius 1 is 1.44 bits per heavy atom. The van der Waals surface area contributed by atoms with Crippen molar-refractivity contribution < 1.29 is 14.5 Å². The van der Waals surface area contributed by atoms with Crippen LogP contribution in [-0.2, 0) is 17.6 Å². The van der Waals surface area contributed by atoms with Crippen molar-refractivity contribution in [3.05, 3.63) is 50.4 Å². The molecule has 1 aliphatic rings. The van der Waals surface area contributed by atoms with E-state index >= 15 is 0 Å². The van der Waals surface area contributed by atoms with E-state index in [0.717, 1.165) is 24.8 Å². The first kappa shape index (κ1) is 18.9. The van der Waals surface area contributed by atoms with E-state index in [0.29, 0.717) is 22.2 Å². The minimum Gasteiger partial charge on any atom is -0.481 e. The topological polar surface area (TPSA) is 105 Å². The lowest BCUT2D eigenvalue weighted by Crippen LogP contribution is -2.30. The van der Waals surface area contributed by atoms with Gasteiger partial charge in [0.25, 0.3) is 11.6 Å². The van der Waals surface area contributed by atoms with Gasteiger partial charge < -0.3 is 10.1 Å². The third-order valence-electron chi connectivity index (χ3n) is 4.59. The molecule has 2 aromatic rings. The van der Waals surface area contributed by atoms with Crippen LogP contribution in [0.15, 0.2) is 24.3 Å². The predicted octanol–water partition coefficient (Wildman–Crippen LogP) is 4.06. The van der Waals surface area contributed by atoms with Crippen LogP contribution in [0.4, 0.5) is 10.7 Å². The van der Waals surface area contributed by atoms with Gasteiger partial charge in [-0.2, -0.15) is 5.26 Å². The number of rotatable bonds is 5. The number of amides is 1. The van der Waals surface area contributed by atoms with Crippen LogP contribution in [0.25, 0.3) is 0 Å². The van der Waals surface area contributed by atoms with E-state index in [1.54, 1.807) is 6.92 Å². The zero-order valence-electron chi connectivity index (χ0n) is 15.0. The second-order valence-corrected chi connectivity index (χ2v) is 7.77. The maximum atomic E-state index is 12.5. The highest BCUT2D eigenvalue weighted by Crippen LogP contribution is 2.39. The normalized spacial score (nSPS) is 16.7. The van der Waals surface area contributed by atoms with Crippen molar-refractivity contribution in [2.45, 2.75) is 39.2 Å². The van der Waals surface area contributed by atoms with Crippen LogP contribution in [0.2, 0.25) is 0 Å². The molecule has 2 atom stereocenters. The van der Waals surface area contributed by atoms with E-state index in [2.05, 4.69) is 18.3 Å². The van der Waals surface area contributed by atoms with E-state index in [4.69, 9.17) is 4.74 Å². The van der Waals surface area contributed by atoms with Crippen molar-refractivity contribution in [1.82, 2.24) is 0 Å². The number of nitrogens with zero attached hydrogens (tertiary/aromatic N) is 2. The number of nitro groups is 1. The summed E-state index contributed by atoms with van der Waals surface area (Å²) in [5.74, 6) is 0.579. The van der Waals surface area contributed by atoms with Gasteiger partial charge in [0.2, 0.25) is 0 Å². The third kappa shape index (κ3) is 4.09. The van der Waals surface area contributed by atoms with Crippen molar-refractivity contribution >= 4 is 27.9 Å². The molecule has 1 aromatic carbocycles. The van der Waals surface area contributed by atoms with Crippen LogP contribution in [0.5, 0.6) is 5.75 Å². The zero-order chi connectivity index (χ0) is 19.6. The highest BCUT2D eigenvalue weighted by atomic mass is 32.1. The van der Waals surface area contributed by atoms with Gasteiger partial charge >= 0.3 is 0 Å². The number of hydrogen-bond donors (Lipinski definition) is 1. The lowest BCUT2D eigenvalue weighted by molar-refractivity contribution is -0.384. The summed E-state index contributed by atoms with van der Waals surface area (Å²) in [5.41, 5.74) is 1.56. The molecule has 3 rings (SSSR count). The lowest BCUT2D eigenvalue weighted by atomic mass is 9.88. The molecule has 140 valence electrons. The Bertz CT molecular complexity index is 914. The average Bonchev–Trinajstić information content (AvgIpc) is 2.97. The summed E-state index contributed by atoms with van der Waals surface area (Å²) < 4.78 is 5.56. The molecule has 0 spiro atoms. The fourth-order valence-corrected chi connectivity index (χ4v) is 4.44. The molecule has 0 fully saturated rings. The Hall–Kier alpha value is -2.92. The number of carbonyl (C=O) groups excluding carboxylic acids is 1. The number of benzene rings is 1. The minimum atomic E-state index is -0.809. The van der Waals surface area contributed by atoms with Gasteiger partial charge in [0.05, 0.1) is 10.5 Å². The molecule has 0 saturated carbocycles. The molecule has 1 aliphatic carbocycles. The van der Waals surface area contributed by atoms with E-state index < -0.39 is 11.0 Å². The quantitative estimate of drug-likeness (QED) is 0.617. The van der Waals surface area contributed by atoms with Gasteiger partial charge in [-0.1, -0.05) is 6.92 Å². The van der Waals surface area contributed by atoms with E-state index in [1.165, 1.54) is 40.5 Å². The number of fused-ring (bicyclic) bond motifs is 1. The fourth-order valence-electron chi connectivity index (χ4n) is 3.07. The lowest BCUT2D eigenvalue weighted by Gasteiger charge is -2.17. The summed E-state index contributed by atoms with van der Waals surface area (Å²) in [6.07, 6.45) is 2.03. The first-order valence-corrected chi connectivity index (χ1v) is 9.47. The van der Waals surface area contributed by atoms with Gasteiger partial charge in [-0.15, -0.1) is 11.3 Å². The van der Waals surface area contributed by atoms with Gasteiger partial charge in [-0.3, -0.25) is 14.9 Å². The summed E-state index contributed by atoms with van der Waals surface area (Å²) in [6.45, 7) is 3.78. The van der Waals surface area contributed by atoms with Crippen molar-refractivity contribution in [3.8, 4) is 11.8 Å². The maximum absolute atomic E-state index is 12.5. The van der Waals surface area contributed by atoms with Crippen molar-refractivity contribution in [3.63, 3.8) is 0 Å². The number of nitrogens with one attached hydrogen (secondary N) is 1. The third-order valence-corrected chi connectivity index (χ3v) is 5.76. The number of hydrogen-bond acceptors (Lipinski definition) is 6. The van der Waals surface area contributed by atoms with Crippen LogP contribution in [0, 0.1) is 27.4 Å². The van der Waals surface area contributed by atoms with Crippen LogP contribution >= 0.6 is 11.3 Å². The van der Waals surface area contributed by atoms with Gasteiger partial charge in [0, 0.05) is 17.0 Å². The summed E-state index contributed by atoms with van der Waals surface area (Å²) in [4.78, 5) is 23.8. The summed E-state index contributed by atoms with van der Waals surface area (Å²) >= 11 is 1.46. The maximum Gasteiger partial charge on any atom is 0.269 e. The predicted molar refractivity (Wildman–Crippen MR) is 102 cm³/mol. The largest absolute Gasteiger partial charge is 0.481 e. The fraction of sp³-hybridized carbons (Fsp3) is 0.368. The van der Waals surface area contributed by atoms with E-state index in [-0.39, 0.29) is 11.6 Å². The second-order valence-electron chi connectivity index (χ2n) is 6.67. The molecule has 1 amide bonds. The molecular formula is C19H19N3O4S. The molecule has 0 saturated heterocycles. The number of anilines is 1. The van der Waals surface area contributed by atoms with E-state index in [1.807, 2.05) is 0 Å². The average molecular weight is 385 g/mol. The molecule has 0 aliphatic heterocycles. The number of carbonyl (C=O) groups is 1. The Kier molecular flexibility index (Phi) is 5.42. The number of nitriles is 1. The van der Waals surface area contributed by atoms with Crippen LogP contribution in [0.1, 0.15) is 36.3 Å². The number of ether oxygens (including phenoxy) is 1. The van der Waals surface area contributed by atoms with Crippen molar-refractivity contribution in [1.29, 1.82) is 5.26 Å². The molecule has 0 bridgehead atoms. The van der Waals surface area contributed by atoms with Crippen LogP contribution < -0.4 is 10.1 Å². The van der Waals surface area contributed by atoms with Gasteiger partial charge in [-0.05, 0) is 49.8 Å². The number of nitro benzene ring substituents is 1. The summed E-state index contributed by atoms with van der Waals surface area (Å²) in [6, 6.07) is 7.77. The molecule has 1 aromatic heterocycles. The molecule has 1 N–H and O–H groups in total. The molecule has 8 heteroatoms. The zero-order valence-corrected chi connectivity index (χ0v) is 15.8. The van der Waals surface area contributed by atoms with Crippen molar-refractivity contribution in [2.24, 2.45) is 5.92 Å². The second kappa shape index (κ2) is 7.76. The Labute approximate surface area is 160 Å². The van der Waals surface area contributed by atoms with E-state index in [9.17, 15) is 20.2 Å². The number of non-ortho nitro benzene ring substituents is 1. The standard InChI is InChI=1S/C19H19N3O4S/c1-11-3-8-15-16(10-20)19(27-17(15)9-11)21-18(23)12(2)26-14-6-4-13(5-7-14)22(24)25/h4-7,11-12H,3,8-9H2,1-2H3,(H,21,23).